The van der Waals surface area contributed by atoms with Crippen LogP contribution in [0, 0.1) is 5.41 Å². The number of oxime groups is 1. The summed E-state index contributed by atoms with van der Waals surface area (Å²) in [6.45, 7) is 6.48. The lowest BCUT2D eigenvalue weighted by atomic mass is 9.82. The van der Waals surface area contributed by atoms with Crippen molar-refractivity contribution in [2.24, 2.45) is 16.3 Å². The fourth-order valence-corrected chi connectivity index (χ4v) is 2.23. The van der Waals surface area contributed by atoms with E-state index in [1.165, 1.54) is 0 Å². The van der Waals surface area contributed by atoms with E-state index in [0.29, 0.717) is 11.0 Å². The van der Waals surface area contributed by atoms with Gasteiger partial charge in [0.1, 0.15) is 5.82 Å². The molecule has 3 N–H and O–H groups in total. The molecule has 0 aromatic carbocycles. The largest absolute Gasteiger partial charge is 0.409 e. The van der Waals surface area contributed by atoms with Crippen LogP contribution in [-0.2, 0) is 0 Å². The predicted octanol–water partition coefficient (Wildman–Crippen LogP) is 1.80. The third kappa shape index (κ3) is 2.55. The number of aromatic nitrogens is 1. The summed E-state index contributed by atoms with van der Waals surface area (Å²) in [5.41, 5.74) is 6.77. The SMILES string of the molecule is CC1(C)CCN(c2ncccc2C(N)=NO)CC1. The predicted molar refractivity (Wildman–Crippen MR) is 72.0 cm³/mol. The summed E-state index contributed by atoms with van der Waals surface area (Å²) in [5, 5.41) is 11.9. The van der Waals surface area contributed by atoms with Crippen LogP contribution in [0.2, 0.25) is 0 Å². The highest BCUT2D eigenvalue weighted by atomic mass is 16.4. The maximum atomic E-state index is 8.81. The van der Waals surface area contributed by atoms with E-state index < -0.39 is 0 Å². The minimum absolute atomic E-state index is 0.114. The molecular formula is C13H20N4O. The van der Waals surface area contributed by atoms with Crippen LogP contribution in [0.5, 0.6) is 0 Å². The quantitative estimate of drug-likeness (QED) is 0.362. The van der Waals surface area contributed by atoms with Crippen molar-refractivity contribution < 1.29 is 5.21 Å². The molecule has 5 nitrogen and oxygen atoms in total. The van der Waals surface area contributed by atoms with Crippen LogP contribution in [0.4, 0.5) is 5.82 Å². The molecule has 0 saturated carbocycles. The van der Waals surface area contributed by atoms with Crippen molar-refractivity contribution in [1.29, 1.82) is 0 Å². The molecule has 0 unspecified atom stereocenters. The van der Waals surface area contributed by atoms with E-state index in [1.54, 1.807) is 12.3 Å². The van der Waals surface area contributed by atoms with Gasteiger partial charge in [-0.1, -0.05) is 19.0 Å². The smallest absolute Gasteiger partial charge is 0.173 e. The number of nitrogens with two attached hydrogens (primary N) is 1. The molecule has 98 valence electrons. The van der Waals surface area contributed by atoms with E-state index in [9.17, 15) is 0 Å². The summed E-state index contributed by atoms with van der Waals surface area (Å²) in [6, 6.07) is 3.63. The Morgan fingerprint density at radius 1 is 1.44 bits per heavy atom. The number of nitrogens with zero attached hydrogens (tertiary/aromatic N) is 3. The van der Waals surface area contributed by atoms with Crippen molar-refractivity contribution in [3.63, 3.8) is 0 Å². The molecule has 2 heterocycles. The Labute approximate surface area is 107 Å². The van der Waals surface area contributed by atoms with Gasteiger partial charge in [0, 0.05) is 19.3 Å². The van der Waals surface area contributed by atoms with Gasteiger partial charge in [0.05, 0.1) is 5.56 Å². The van der Waals surface area contributed by atoms with Gasteiger partial charge >= 0.3 is 0 Å². The third-order valence-corrected chi connectivity index (χ3v) is 3.59. The third-order valence-electron chi connectivity index (χ3n) is 3.59. The van der Waals surface area contributed by atoms with E-state index in [2.05, 4.69) is 28.9 Å². The van der Waals surface area contributed by atoms with E-state index in [0.717, 1.165) is 31.7 Å². The van der Waals surface area contributed by atoms with Gasteiger partial charge in [0.25, 0.3) is 0 Å². The van der Waals surface area contributed by atoms with E-state index in [-0.39, 0.29) is 5.84 Å². The highest BCUT2D eigenvalue weighted by molar-refractivity contribution is 6.01. The normalized spacial score (nSPS) is 19.9. The lowest BCUT2D eigenvalue weighted by Gasteiger charge is -2.38. The number of hydrogen-bond acceptors (Lipinski definition) is 4. The highest BCUT2D eigenvalue weighted by Crippen LogP contribution is 2.32. The molecule has 0 atom stereocenters. The van der Waals surface area contributed by atoms with Gasteiger partial charge in [-0.25, -0.2) is 4.98 Å². The molecule has 1 aliphatic heterocycles. The van der Waals surface area contributed by atoms with Gasteiger partial charge in [0.15, 0.2) is 5.84 Å². The van der Waals surface area contributed by atoms with Crippen LogP contribution in [0.25, 0.3) is 0 Å². The van der Waals surface area contributed by atoms with Crippen LogP contribution >= 0.6 is 0 Å². The number of pyridine rings is 1. The maximum absolute atomic E-state index is 8.81. The molecule has 0 amide bonds. The van der Waals surface area contributed by atoms with Crippen molar-refractivity contribution in [2.45, 2.75) is 26.7 Å². The molecule has 2 rings (SSSR count). The molecule has 18 heavy (non-hydrogen) atoms. The fraction of sp³-hybridized carbons (Fsp3) is 0.538. The van der Waals surface area contributed by atoms with Crippen LogP contribution in [-0.4, -0.2) is 29.1 Å². The second-order valence-corrected chi connectivity index (χ2v) is 5.51. The average molecular weight is 248 g/mol. The molecule has 0 spiro atoms. The first-order chi connectivity index (χ1) is 8.53. The Kier molecular flexibility index (Phi) is 3.41. The Hall–Kier alpha value is -1.78. The second kappa shape index (κ2) is 4.84. The minimum atomic E-state index is 0.114. The molecule has 5 heteroatoms. The monoisotopic (exact) mass is 248 g/mol. The Morgan fingerprint density at radius 2 is 2.11 bits per heavy atom. The van der Waals surface area contributed by atoms with E-state index in [1.807, 2.05) is 6.07 Å². The van der Waals surface area contributed by atoms with E-state index >= 15 is 0 Å². The summed E-state index contributed by atoms with van der Waals surface area (Å²) in [5.74, 6) is 0.922. The first-order valence-electron chi connectivity index (χ1n) is 6.21. The molecule has 1 aromatic heterocycles. The van der Waals surface area contributed by atoms with E-state index in [4.69, 9.17) is 10.9 Å². The Balaban J connectivity index is 2.24. The number of piperidine rings is 1. The highest BCUT2D eigenvalue weighted by Gasteiger charge is 2.27. The van der Waals surface area contributed by atoms with Crippen molar-refractivity contribution in [1.82, 2.24) is 4.98 Å². The van der Waals surface area contributed by atoms with Gasteiger partial charge in [-0.15, -0.1) is 0 Å². The Morgan fingerprint density at radius 3 is 2.72 bits per heavy atom. The van der Waals surface area contributed by atoms with Gasteiger partial charge in [-0.05, 0) is 30.4 Å². The topological polar surface area (TPSA) is 74.7 Å². The number of anilines is 1. The molecule has 1 aliphatic rings. The summed E-state index contributed by atoms with van der Waals surface area (Å²) < 4.78 is 0. The molecule has 1 aromatic rings. The first-order valence-corrected chi connectivity index (χ1v) is 6.21. The summed E-state index contributed by atoms with van der Waals surface area (Å²) in [4.78, 5) is 6.58. The number of hydrogen-bond donors (Lipinski definition) is 2. The zero-order chi connectivity index (χ0) is 13.2. The molecule has 1 fully saturated rings. The maximum Gasteiger partial charge on any atom is 0.173 e. The van der Waals surface area contributed by atoms with Gasteiger partial charge in [-0.2, -0.15) is 0 Å². The molecule has 0 bridgehead atoms. The first kappa shape index (κ1) is 12.7. The zero-order valence-corrected chi connectivity index (χ0v) is 10.9. The molecule has 0 aliphatic carbocycles. The zero-order valence-electron chi connectivity index (χ0n) is 10.9. The molecule has 0 radical (unpaired) electrons. The van der Waals surface area contributed by atoms with Crippen LogP contribution < -0.4 is 10.6 Å². The van der Waals surface area contributed by atoms with Crippen LogP contribution in [0.15, 0.2) is 23.5 Å². The van der Waals surface area contributed by atoms with Gasteiger partial charge in [-0.3, -0.25) is 0 Å². The molecule has 1 saturated heterocycles. The van der Waals surface area contributed by atoms with Crippen molar-refractivity contribution >= 4 is 11.7 Å². The van der Waals surface area contributed by atoms with Crippen molar-refractivity contribution in [2.75, 3.05) is 18.0 Å². The van der Waals surface area contributed by atoms with Crippen molar-refractivity contribution in [3.05, 3.63) is 23.9 Å². The second-order valence-electron chi connectivity index (χ2n) is 5.51. The number of amidine groups is 1. The standard InChI is InChI=1S/C13H20N4O/c1-13(2)5-8-17(9-6-13)12-10(11(14)16-18)4-3-7-15-12/h3-4,7,18H,5-6,8-9H2,1-2H3,(H2,14,16). The number of rotatable bonds is 2. The Bertz CT molecular complexity index is 446. The van der Waals surface area contributed by atoms with Gasteiger partial charge in [0.2, 0.25) is 0 Å². The van der Waals surface area contributed by atoms with Gasteiger partial charge < -0.3 is 15.8 Å². The summed E-state index contributed by atoms with van der Waals surface area (Å²) >= 11 is 0. The lowest BCUT2D eigenvalue weighted by Crippen LogP contribution is -2.38. The van der Waals surface area contributed by atoms with Crippen LogP contribution in [0.1, 0.15) is 32.3 Å². The lowest BCUT2D eigenvalue weighted by molar-refractivity contribution is 0.279. The molecular weight excluding hydrogens is 228 g/mol. The van der Waals surface area contributed by atoms with Crippen LogP contribution in [0.3, 0.4) is 0 Å². The summed E-state index contributed by atoms with van der Waals surface area (Å²) in [6.07, 6.45) is 3.99. The van der Waals surface area contributed by atoms with Crippen molar-refractivity contribution in [3.8, 4) is 0 Å². The average Bonchev–Trinajstić information content (AvgIpc) is 2.38. The summed E-state index contributed by atoms with van der Waals surface area (Å²) in [7, 11) is 0. The fourth-order valence-electron chi connectivity index (χ4n) is 2.23. The minimum Gasteiger partial charge on any atom is -0.409 e.